The summed E-state index contributed by atoms with van der Waals surface area (Å²) in [6.45, 7) is 5.81. The molecule has 0 saturated carbocycles. The summed E-state index contributed by atoms with van der Waals surface area (Å²) in [7, 11) is 1.57. The van der Waals surface area contributed by atoms with Crippen molar-refractivity contribution in [1.29, 1.82) is 0 Å². The van der Waals surface area contributed by atoms with Crippen LogP contribution in [0.25, 0.3) is 0 Å². The smallest absolute Gasteiger partial charge is 0.460 e. The van der Waals surface area contributed by atoms with E-state index < -0.39 is 6.16 Å². The van der Waals surface area contributed by atoms with E-state index in [1.54, 1.807) is 21.0 Å². The average molecular weight is 234 g/mol. The van der Waals surface area contributed by atoms with Gasteiger partial charge >= 0.3 is 12.1 Å². The number of hydrogen-bond acceptors (Lipinski definition) is 6. The Kier molecular flexibility index (Phi) is 7.28. The molecule has 0 spiro atoms. The maximum absolute atomic E-state index is 10.3. The van der Waals surface area contributed by atoms with Crippen LogP contribution >= 0.6 is 0 Å². The lowest BCUT2D eigenvalue weighted by molar-refractivity contribution is -0.147. The molecule has 0 radical (unpaired) electrons. The van der Waals surface area contributed by atoms with E-state index in [1.807, 2.05) is 0 Å². The third-order valence-corrected chi connectivity index (χ3v) is 1.50. The summed E-state index contributed by atoms with van der Waals surface area (Å²) in [5.74, 6) is -0.264. The molecule has 1 saturated heterocycles. The first-order valence-electron chi connectivity index (χ1n) is 4.95. The second kappa shape index (κ2) is 7.92. The predicted molar refractivity (Wildman–Crippen MR) is 55.0 cm³/mol. The predicted octanol–water partition coefficient (Wildman–Crippen LogP) is 1.13. The van der Waals surface area contributed by atoms with Crippen molar-refractivity contribution in [3.05, 3.63) is 0 Å². The van der Waals surface area contributed by atoms with Crippen molar-refractivity contribution < 1.29 is 28.5 Å². The zero-order chi connectivity index (χ0) is 12.6. The fourth-order valence-corrected chi connectivity index (χ4v) is 0.970. The summed E-state index contributed by atoms with van der Waals surface area (Å²) >= 11 is 0. The Labute approximate surface area is 94.8 Å². The number of carbonyl (C=O) groups is 2. The highest BCUT2D eigenvalue weighted by molar-refractivity contribution is 5.66. The van der Waals surface area contributed by atoms with E-state index >= 15 is 0 Å². The van der Waals surface area contributed by atoms with Crippen LogP contribution < -0.4 is 0 Å². The Morgan fingerprint density at radius 1 is 1.62 bits per heavy atom. The molecule has 1 aliphatic rings. The van der Waals surface area contributed by atoms with Crippen molar-refractivity contribution in [2.24, 2.45) is 0 Å². The number of ether oxygens (including phenoxy) is 4. The van der Waals surface area contributed by atoms with Gasteiger partial charge < -0.3 is 18.9 Å². The molecule has 1 aliphatic heterocycles. The third kappa shape index (κ3) is 8.05. The maximum Gasteiger partial charge on any atom is 0.508 e. The monoisotopic (exact) mass is 234 g/mol. The first-order chi connectivity index (χ1) is 7.45. The van der Waals surface area contributed by atoms with Crippen molar-refractivity contribution in [2.75, 3.05) is 20.3 Å². The molecular weight excluding hydrogens is 216 g/mol. The van der Waals surface area contributed by atoms with Gasteiger partial charge in [-0.25, -0.2) is 4.79 Å². The summed E-state index contributed by atoms with van der Waals surface area (Å²) < 4.78 is 18.4. The lowest BCUT2D eigenvalue weighted by Crippen LogP contribution is -2.17. The summed E-state index contributed by atoms with van der Waals surface area (Å²) in [5.41, 5.74) is 0. The number of methoxy groups -OCH3 is 1. The van der Waals surface area contributed by atoms with Gasteiger partial charge in [-0.1, -0.05) is 0 Å². The topological polar surface area (TPSA) is 71.1 Å². The Bertz CT molecular complexity index is 227. The lowest BCUT2D eigenvalue weighted by atomic mass is 10.4. The Hall–Kier alpha value is -1.30. The molecule has 0 N–H and O–H groups in total. The second-order valence-electron chi connectivity index (χ2n) is 3.36. The van der Waals surface area contributed by atoms with Crippen LogP contribution in [-0.4, -0.2) is 44.7 Å². The van der Waals surface area contributed by atoms with Crippen LogP contribution in [0.5, 0.6) is 0 Å². The standard InChI is InChI=1S/C6H12O3.C4H6O3/c1-5(4-8-3)9-6(2)7;1-3-2-6-4(5)7-3/h5H,4H2,1-3H3;3H,2H2,1H3. The van der Waals surface area contributed by atoms with E-state index in [1.165, 1.54) is 6.92 Å². The highest BCUT2D eigenvalue weighted by Crippen LogP contribution is 2.02. The molecule has 94 valence electrons. The van der Waals surface area contributed by atoms with E-state index in [9.17, 15) is 9.59 Å². The lowest BCUT2D eigenvalue weighted by Gasteiger charge is -2.08. The fourth-order valence-electron chi connectivity index (χ4n) is 0.970. The molecule has 2 unspecified atom stereocenters. The summed E-state index contributed by atoms with van der Waals surface area (Å²) in [4.78, 5) is 20.3. The minimum atomic E-state index is -0.549. The molecule has 6 nitrogen and oxygen atoms in total. The molecule has 0 aromatic heterocycles. The SMILES string of the molecule is CC1COC(=O)O1.COCC(C)OC(C)=O. The van der Waals surface area contributed by atoms with Crippen LogP contribution in [0.2, 0.25) is 0 Å². The minimum Gasteiger partial charge on any atom is -0.460 e. The highest BCUT2D eigenvalue weighted by atomic mass is 16.8. The second-order valence-corrected chi connectivity index (χ2v) is 3.36. The molecular formula is C10H18O6. The van der Waals surface area contributed by atoms with Gasteiger partial charge in [0.1, 0.15) is 18.8 Å². The molecule has 0 aromatic rings. The third-order valence-electron chi connectivity index (χ3n) is 1.50. The van der Waals surface area contributed by atoms with Gasteiger partial charge in [0.05, 0.1) is 6.61 Å². The first-order valence-corrected chi connectivity index (χ1v) is 4.95. The van der Waals surface area contributed by atoms with Gasteiger partial charge in [-0.2, -0.15) is 0 Å². The number of carbonyl (C=O) groups excluding carboxylic acids is 2. The van der Waals surface area contributed by atoms with E-state index in [0.717, 1.165) is 0 Å². The van der Waals surface area contributed by atoms with Crippen LogP contribution in [0.15, 0.2) is 0 Å². The molecule has 0 bridgehead atoms. The van der Waals surface area contributed by atoms with Crippen molar-refractivity contribution in [2.45, 2.75) is 33.0 Å². The fraction of sp³-hybridized carbons (Fsp3) is 0.800. The zero-order valence-corrected chi connectivity index (χ0v) is 10.0. The number of cyclic esters (lactones) is 2. The Morgan fingerprint density at radius 2 is 2.25 bits per heavy atom. The largest absolute Gasteiger partial charge is 0.508 e. The van der Waals surface area contributed by atoms with Gasteiger partial charge in [0.2, 0.25) is 0 Å². The van der Waals surface area contributed by atoms with E-state index in [4.69, 9.17) is 9.47 Å². The first kappa shape index (κ1) is 14.7. The molecule has 1 heterocycles. The minimum absolute atomic E-state index is 0.0486. The van der Waals surface area contributed by atoms with Crippen LogP contribution in [0.4, 0.5) is 4.79 Å². The quantitative estimate of drug-likeness (QED) is 0.681. The van der Waals surface area contributed by atoms with E-state index in [0.29, 0.717) is 13.2 Å². The molecule has 0 amide bonds. The molecule has 0 aliphatic carbocycles. The molecule has 1 rings (SSSR count). The van der Waals surface area contributed by atoms with E-state index in [2.05, 4.69) is 9.47 Å². The van der Waals surface area contributed by atoms with Gasteiger partial charge in [-0.15, -0.1) is 0 Å². The number of esters is 1. The van der Waals surface area contributed by atoms with Gasteiger partial charge in [-0.05, 0) is 13.8 Å². The van der Waals surface area contributed by atoms with Crippen LogP contribution in [0.3, 0.4) is 0 Å². The van der Waals surface area contributed by atoms with Gasteiger partial charge in [-0.3, -0.25) is 4.79 Å². The molecule has 1 fully saturated rings. The Morgan fingerprint density at radius 3 is 2.50 bits per heavy atom. The number of hydrogen-bond donors (Lipinski definition) is 0. The van der Waals surface area contributed by atoms with Gasteiger partial charge in [0.25, 0.3) is 0 Å². The number of rotatable bonds is 3. The van der Waals surface area contributed by atoms with Crippen molar-refractivity contribution >= 4 is 12.1 Å². The highest BCUT2D eigenvalue weighted by Gasteiger charge is 2.19. The summed E-state index contributed by atoms with van der Waals surface area (Å²) in [5, 5.41) is 0. The summed E-state index contributed by atoms with van der Waals surface area (Å²) in [6.07, 6.45) is -0.729. The van der Waals surface area contributed by atoms with Crippen molar-refractivity contribution in [3.8, 4) is 0 Å². The van der Waals surface area contributed by atoms with Crippen LogP contribution in [0.1, 0.15) is 20.8 Å². The molecule has 0 aromatic carbocycles. The van der Waals surface area contributed by atoms with Crippen LogP contribution in [0, 0.1) is 0 Å². The maximum atomic E-state index is 10.3. The Balaban J connectivity index is 0.000000288. The van der Waals surface area contributed by atoms with Gasteiger partial charge in [0, 0.05) is 14.0 Å². The van der Waals surface area contributed by atoms with Gasteiger partial charge in [0.15, 0.2) is 0 Å². The molecule has 2 atom stereocenters. The molecule has 6 heteroatoms. The van der Waals surface area contributed by atoms with Crippen molar-refractivity contribution in [1.82, 2.24) is 0 Å². The summed E-state index contributed by atoms with van der Waals surface area (Å²) in [6, 6.07) is 0. The molecule has 16 heavy (non-hydrogen) atoms. The zero-order valence-electron chi connectivity index (χ0n) is 10.0. The normalized spacial score (nSPS) is 20.0. The van der Waals surface area contributed by atoms with E-state index in [-0.39, 0.29) is 18.2 Å². The van der Waals surface area contributed by atoms with Crippen molar-refractivity contribution in [3.63, 3.8) is 0 Å². The van der Waals surface area contributed by atoms with Crippen LogP contribution in [-0.2, 0) is 23.7 Å². The average Bonchev–Trinajstić information content (AvgIpc) is 2.50.